The summed E-state index contributed by atoms with van der Waals surface area (Å²) in [7, 11) is 0. The highest BCUT2D eigenvalue weighted by Gasteiger charge is 2.32. The van der Waals surface area contributed by atoms with Crippen LogP contribution < -0.4 is 0 Å². The number of benzene rings is 1. The Hall–Kier alpha value is -3.48. The summed E-state index contributed by atoms with van der Waals surface area (Å²) >= 11 is 0. The Balaban J connectivity index is 1.49. The summed E-state index contributed by atoms with van der Waals surface area (Å²) in [5, 5.41) is 4.14. The van der Waals surface area contributed by atoms with Crippen LogP contribution in [-0.2, 0) is 22.6 Å². The van der Waals surface area contributed by atoms with Gasteiger partial charge in [-0.2, -0.15) is 5.10 Å². The molecule has 1 fully saturated rings. The normalized spacial score (nSPS) is 16.8. The zero-order chi connectivity index (χ0) is 22.3. The number of carbonyl (C=O) groups excluding carboxylic acids is 2. The molecule has 0 bridgehead atoms. The van der Waals surface area contributed by atoms with Gasteiger partial charge in [-0.3, -0.25) is 19.3 Å². The molecule has 1 aliphatic rings. The van der Waals surface area contributed by atoms with E-state index < -0.39 is 0 Å². The minimum absolute atomic E-state index is 0.00299. The van der Waals surface area contributed by atoms with Crippen LogP contribution in [0.5, 0.6) is 0 Å². The summed E-state index contributed by atoms with van der Waals surface area (Å²) < 4.78 is 1.63. The van der Waals surface area contributed by atoms with Crippen LogP contribution in [0.3, 0.4) is 0 Å². The van der Waals surface area contributed by atoms with Crippen LogP contribution in [0.1, 0.15) is 18.9 Å². The van der Waals surface area contributed by atoms with Gasteiger partial charge in [0, 0.05) is 51.0 Å². The van der Waals surface area contributed by atoms with Crippen LogP contribution in [0.25, 0.3) is 11.1 Å². The van der Waals surface area contributed by atoms with E-state index in [0.717, 1.165) is 29.7 Å². The maximum absolute atomic E-state index is 13.3. The highest BCUT2D eigenvalue weighted by molar-refractivity contribution is 5.82. The molecular weight excluding hydrogens is 402 g/mol. The molecule has 1 atom stereocenters. The fourth-order valence-electron chi connectivity index (χ4n) is 4.20. The first-order valence-corrected chi connectivity index (χ1v) is 11.2. The van der Waals surface area contributed by atoms with Crippen LogP contribution in [0.15, 0.2) is 67.3 Å². The average Bonchev–Trinajstić information content (AvgIpc) is 3.28. The summed E-state index contributed by atoms with van der Waals surface area (Å²) in [6.45, 7) is 4.56. The van der Waals surface area contributed by atoms with Crippen LogP contribution in [0.2, 0.25) is 0 Å². The maximum Gasteiger partial charge on any atom is 0.244 e. The van der Waals surface area contributed by atoms with Crippen LogP contribution in [0.4, 0.5) is 0 Å². The average molecular weight is 432 g/mol. The molecule has 1 aromatic carbocycles. The Kier molecular flexibility index (Phi) is 6.94. The SMILES string of the molecule is CCCN1CCN(C(=O)Cn2cccn2)C[C@H](Cc2ccc(-c3cccnc3)cc2)C1=O. The highest BCUT2D eigenvalue weighted by Crippen LogP contribution is 2.22. The van der Waals surface area contributed by atoms with Crippen molar-refractivity contribution in [1.29, 1.82) is 0 Å². The number of hydrogen-bond donors (Lipinski definition) is 0. The molecule has 7 heteroatoms. The molecule has 7 nitrogen and oxygen atoms in total. The summed E-state index contributed by atoms with van der Waals surface area (Å²) in [6, 6.07) is 14.0. The number of carbonyl (C=O) groups is 2. The first-order chi connectivity index (χ1) is 15.6. The second-order valence-electron chi connectivity index (χ2n) is 8.21. The van der Waals surface area contributed by atoms with E-state index in [2.05, 4.69) is 41.3 Å². The van der Waals surface area contributed by atoms with Crippen LogP contribution >= 0.6 is 0 Å². The summed E-state index contributed by atoms with van der Waals surface area (Å²) in [5.41, 5.74) is 3.25. The van der Waals surface area contributed by atoms with Gasteiger partial charge in [0.25, 0.3) is 0 Å². The standard InChI is InChI=1S/C25H29N5O2/c1-2-12-28-14-15-29(24(31)19-30-13-4-11-27-30)18-23(25(28)32)16-20-6-8-21(9-7-20)22-5-3-10-26-17-22/h3-11,13,17,23H,2,12,14-16,18-19H2,1H3/t23-/m0/s1. The Bertz CT molecular complexity index is 1020. The van der Waals surface area contributed by atoms with Crippen molar-refractivity contribution in [1.82, 2.24) is 24.6 Å². The molecule has 0 spiro atoms. The molecule has 166 valence electrons. The number of nitrogens with zero attached hydrogens (tertiary/aromatic N) is 5. The van der Waals surface area contributed by atoms with Gasteiger partial charge in [-0.15, -0.1) is 0 Å². The molecule has 0 unspecified atom stereocenters. The van der Waals surface area contributed by atoms with Gasteiger partial charge in [0.05, 0.1) is 5.92 Å². The topological polar surface area (TPSA) is 71.3 Å². The number of pyridine rings is 1. The lowest BCUT2D eigenvalue weighted by Crippen LogP contribution is -2.39. The third-order valence-corrected chi connectivity index (χ3v) is 5.88. The molecule has 0 N–H and O–H groups in total. The molecular formula is C25H29N5O2. The minimum atomic E-state index is -0.255. The molecule has 4 rings (SSSR count). The summed E-state index contributed by atoms with van der Waals surface area (Å²) in [4.78, 5) is 34.1. The second-order valence-corrected chi connectivity index (χ2v) is 8.21. The van der Waals surface area contributed by atoms with E-state index in [0.29, 0.717) is 26.1 Å². The van der Waals surface area contributed by atoms with Gasteiger partial charge in [-0.25, -0.2) is 0 Å². The predicted molar refractivity (Wildman–Crippen MR) is 123 cm³/mol. The van der Waals surface area contributed by atoms with E-state index in [-0.39, 0.29) is 24.3 Å². The van der Waals surface area contributed by atoms with Crippen molar-refractivity contribution >= 4 is 11.8 Å². The van der Waals surface area contributed by atoms with Crippen LogP contribution in [-0.4, -0.2) is 62.6 Å². The molecule has 0 radical (unpaired) electrons. The van der Waals surface area contributed by atoms with E-state index in [1.807, 2.05) is 28.1 Å². The zero-order valence-electron chi connectivity index (χ0n) is 18.4. The summed E-state index contributed by atoms with van der Waals surface area (Å²) in [6.07, 6.45) is 8.57. The van der Waals surface area contributed by atoms with Crippen molar-refractivity contribution in [3.05, 3.63) is 72.8 Å². The van der Waals surface area contributed by atoms with Crippen LogP contribution in [0, 0.1) is 5.92 Å². The molecule has 1 aliphatic heterocycles. The van der Waals surface area contributed by atoms with Crippen molar-refractivity contribution < 1.29 is 9.59 Å². The largest absolute Gasteiger partial charge is 0.341 e. The van der Waals surface area contributed by atoms with Gasteiger partial charge < -0.3 is 9.80 Å². The first kappa shape index (κ1) is 21.7. The highest BCUT2D eigenvalue weighted by atomic mass is 16.2. The Morgan fingerprint density at radius 1 is 1.06 bits per heavy atom. The minimum Gasteiger partial charge on any atom is -0.341 e. The van der Waals surface area contributed by atoms with Crippen molar-refractivity contribution in [2.24, 2.45) is 5.92 Å². The van der Waals surface area contributed by atoms with E-state index in [1.165, 1.54) is 0 Å². The predicted octanol–water partition coefficient (Wildman–Crippen LogP) is 2.88. The van der Waals surface area contributed by atoms with Crippen molar-refractivity contribution in [3.8, 4) is 11.1 Å². The number of aromatic nitrogens is 3. The van der Waals surface area contributed by atoms with E-state index in [1.54, 1.807) is 29.3 Å². The fraction of sp³-hybridized carbons (Fsp3) is 0.360. The maximum atomic E-state index is 13.3. The van der Waals surface area contributed by atoms with Crippen molar-refractivity contribution in [2.75, 3.05) is 26.2 Å². The second kappa shape index (κ2) is 10.2. The van der Waals surface area contributed by atoms with Gasteiger partial charge in [0.1, 0.15) is 6.54 Å². The van der Waals surface area contributed by atoms with Gasteiger partial charge >= 0.3 is 0 Å². The number of amides is 2. The smallest absolute Gasteiger partial charge is 0.244 e. The van der Waals surface area contributed by atoms with Crippen molar-refractivity contribution in [3.63, 3.8) is 0 Å². The Labute approximate surface area is 188 Å². The third-order valence-electron chi connectivity index (χ3n) is 5.88. The van der Waals surface area contributed by atoms with Gasteiger partial charge in [0.15, 0.2) is 0 Å². The molecule has 1 saturated heterocycles. The van der Waals surface area contributed by atoms with Gasteiger partial charge in [0.2, 0.25) is 11.8 Å². The zero-order valence-corrected chi connectivity index (χ0v) is 18.4. The Morgan fingerprint density at radius 2 is 1.91 bits per heavy atom. The van der Waals surface area contributed by atoms with Gasteiger partial charge in [-0.05, 0) is 41.7 Å². The molecule has 3 heterocycles. The third kappa shape index (κ3) is 5.22. The lowest BCUT2D eigenvalue weighted by molar-refractivity contribution is -0.135. The fourth-order valence-corrected chi connectivity index (χ4v) is 4.20. The van der Waals surface area contributed by atoms with E-state index >= 15 is 0 Å². The molecule has 0 aliphatic carbocycles. The number of rotatable bonds is 7. The van der Waals surface area contributed by atoms with E-state index in [4.69, 9.17) is 0 Å². The Morgan fingerprint density at radius 3 is 2.59 bits per heavy atom. The molecule has 2 aromatic heterocycles. The van der Waals surface area contributed by atoms with E-state index in [9.17, 15) is 9.59 Å². The quantitative estimate of drug-likeness (QED) is 0.577. The lowest BCUT2D eigenvalue weighted by Gasteiger charge is -2.24. The summed E-state index contributed by atoms with van der Waals surface area (Å²) in [5.74, 6) is -0.121. The molecule has 32 heavy (non-hydrogen) atoms. The number of hydrogen-bond acceptors (Lipinski definition) is 4. The molecule has 2 amide bonds. The first-order valence-electron chi connectivity index (χ1n) is 11.2. The van der Waals surface area contributed by atoms with Crippen molar-refractivity contribution in [2.45, 2.75) is 26.3 Å². The lowest BCUT2D eigenvalue weighted by atomic mass is 9.96. The molecule has 0 saturated carbocycles. The molecule has 3 aromatic rings. The van der Waals surface area contributed by atoms with Gasteiger partial charge in [-0.1, -0.05) is 37.3 Å². The monoisotopic (exact) mass is 431 g/mol.